The van der Waals surface area contributed by atoms with Crippen molar-refractivity contribution in [2.24, 2.45) is 0 Å². The van der Waals surface area contributed by atoms with E-state index in [4.69, 9.17) is 5.11 Å². The molecule has 0 aliphatic rings. The normalized spacial score (nSPS) is 11.1. The maximum absolute atomic E-state index is 10.4. The fourth-order valence-corrected chi connectivity index (χ4v) is 2.63. The summed E-state index contributed by atoms with van der Waals surface area (Å²) in [5.41, 5.74) is 0.928. The SMILES string of the molecule is C[N+](C)(CCO)CCCCC#CI.Cc1ccc(S(=O)(=O)[O-])cc1. The predicted octanol–water partition coefficient (Wildman–Crippen LogP) is 2.52. The molecule has 1 aromatic rings. The number of aliphatic hydroxyl groups excluding tert-OH is 1. The second-order valence-corrected chi connectivity index (χ2v) is 8.02. The van der Waals surface area contributed by atoms with Crippen molar-refractivity contribution < 1.29 is 22.6 Å². The summed E-state index contributed by atoms with van der Waals surface area (Å²) in [4.78, 5) is -0.178. The van der Waals surface area contributed by atoms with E-state index in [1.54, 1.807) is 12.1 Å². The average molecular weight is 467 g/mol. The zero-order valence-electron chi connectivity index (χ0n) is 14.5. The van der Waals surface area contributed by atoms with Crippen molar-refractivity contribution in [2.75, 3.05) is 33.8 Å². The molecule has 0 saturated heterocycles. The first kappa shape index (κ1) is 23.3. The fourth-order valence-electron chi connectivity index (χ4n) is 1.89. The number of rotatable bonds is 7. The van der Waals surface area contributed by atoms with Gasteiger partial charge >= 0.3 is 0 Å². The lowest BCUT2D eigenvalue weighted by atomic mass is 10.2. The number of aryl methyl sites for hydroxylation is 1. The van der Waals surface area contributed by atoms with Gasteiger partial charge < -0.3 is 14.1 Å². The lowest BCUT2D eigenvalue weighted by Crippen LogP contribution is -2.42. The number of quaternary nitrogens is 1. The van der Waals surface area contributed by atoms with Gasteiger partial charge in [-0.15, -0.1) is 0 Å². The molecular formula is C17H26INO4S. The van der Waals surface area contributed by atoms with E-state index in [1.165, 1.54) is 25.0 Å². The molecule has 0 saturated carbocycles. The smallest absolute Gasteiger partial charge is 0.124 e. The summed E-state index contributed by atoms with van der Waals surface area (Å²) in [6.07, 6.45) is 3.36. The molecule has 1 aromatic carbocycles. The van der Waals surface area contributed by atoms with Crippen molar-refractivity contribution in [1.82, 2.24) is 0 Å². The van der Waals surface area contributed by atoms with E-state index in [0.717, 1.165) is 29.6 Å². The summed E-state index contributed by atoms with van der Waals surface area (Å²) in [6.45, 7) is 4.07. The highest BCUT2D eigenvalue weighted by atomic mass is 127. The van der Waals surface area contributed by atoms with Gasteiger partial charge in [-0.2, -0.15) is 0 Å². The minimum atomic E-state index is -4.27. The van der Waals surface area contributed by atoms with Gasteiger partial charge in [0, 0.05) is 29.0 Å². The van der Waals surface area contributed by atoms with Crippen LogP contribution >= 0.6 is 22.6 Å². The van der Waals surface area contributed by atoms with E-state index in [1.807, 2.05) is 6.92 Å². The number of nitrogens with zero attached hydrogens (tertiary/aromatic N) is 1. The number of benzene rings is 1. The first-order chi connectivity index (χ1) is 11.1. The van der Waals surface area contributed by atoms with Crippen LogP contribution in [0.3, 0.4) is 0 Å². The Balaban J connectivity index is 0.000000446. The monoisotopic (exact) mass is 467 g/mol. The highest BCUT2D eigenvalue weighted by molar-refractivity contribution is 14.1. The summed E-state index contributed by atoms with van der Waals surface area (Å²) in [5.74, 6) is 3.05. The van der Waals surface area contributed by atoms with Crippen LogP contribution in [0.25, 0.3) is 0 Å². The molecule has 24 heavy (non-hydrogen) atoms. The Kier molecular flexibility index (Phi) is 11.5. The highest BCUT2D eigenvalue weighted by Gasteiger charge is 2.12. The van der Waals surface area contributed by atoms with Crippen molar-refractivity contribution >= 4 is 32.7 Å². The van der Waals surface area contributed by atoms with Crippen LogP contribution in [0.1, 0.15) is 24.8 Å². The molecule has 0 radical (unpaired) electrons. The summed E-state index contributed by atoms with van der Waals surface area (Å²) < 4.78 is 34.9. The third kappa shape index (κ3) is 11.8. The first-order valence-corrected chi connectivity index (χ1v) is 10.1. The number of likely N-dealkylation sites (N-methyl/N-ethyl adjacent to an activating group) is 1. The number of unbranched alkanes of at least 4 members (excludes halogenated alkanes) is 2. The van der Waals surface area contributed by atoms with Crippen molar-refractivity contribution in [1.29, 1.82) is 0 Å². The molecule has 136 valence electrons. The van der Waals surface area contributed by atoms with Gasteiger partial charge in [0.05, 0.1) is 32.1 Å². The van der Waals surface area contributed by atoms with Crippen LogP contribution in [-0.2, 0) is 10.1 Å². The molecule has 1 N–H and O–H groups in total. The summed E-state index contributed by atoms with van der Waals surface area (Å²) in [7, 11) is 0.0364. The maximum Gasteiger partial charge on any atom is 0.124 e. The number of aliphatic hydroxyl groups is 1. The van der Waals surface area contributed by atoms with Gasteiger partial charge in [0.2, 0.25) is 0 Å². The van der Waals surface area contributed by atoms with Crippen molar-refractivity contribution in [3.63, 3.8) is 0 Å². The number of halogens is 1. The Labute approximate surface area is 159 Å². The lowest BCUT2D eigenvalue weighted by Gasteiger charge is -2.28. The largest absolute Gasteiger partial charge is 0.744 e. The zero-order chi connectivity index (χ0) is 18.6. The molecular weight excluding hydrogens is 441 g/mol. The molecule has 0 spiro atoms. The number of hydrogen-bond acceptors (Lipinski definition) is 4. The molecule has 1 rings (SSSR count). The van der Waals surface area contributed by atoms with E-state index in [-0.39, 0.29) is 11.5 Å². The van der Waals surface area contributed by atoms with Gasteiger partial charge in [-0.3, -0.25) is 0 Å². The topological polar surface area (TPSA) is 77.4 Å². The van der Waals surface area contributed by atoms with E-state index in [9.17, 15) is 13.0 Å². The highest BCUT2D eigenvalue weighted by Crippen LogP contribution is 2.08. The van der Waals surface area contributed by atoms with Gasteiger partial charge in [0.15, 0.2) is 0 Å². The standard InChI is InChI=1S/C10H19INO.C7H8O3S/c1-12(2,9-10-13)8-6-4-3-5-7-11;1-6-2-4-7(5-3-6)11(8,9)10/h13H,3-4,6,8-10H2,1-2H3;2-5H,1H3,(H,8,9,10)/q+1;/p-1. The predicted molar refractivity (Wildman–Crippen MR) is 104 cm³/mol. The minimum Gasteiger partial charge on any atom is -0.744 e. The van der Waals surface area contributed by atoms with E-state index < -0.39 is 10.1 Å². The molecule has 0 bridgehead atoms. The second kappa shape index (κ2) is 11.8. The molecule has 0 aliphatic carbocycles. The van der Waals surface area contributed by atoms with Crippen LogP contribution in [0.15, 0.2) is 29.2 Å². The number of hydrogen-bond donors (Lipinski definition) is 1. The summed E-state index contributed by atoms with van der Waals surface area (Å²) >= 11 is 2.07. The summed E-state index contributed by atoms with van der Waals surface area (Å²) in [6, 6.07) is 5.78. The molecule has 0 amide bonds. The molecule has 0 aromatic heterocycles. The van der Waals surface area contributed by atoms with Gasteiger partial charge in [0.1, 0.15) is 16.7 Å². The van der Waals surface area contributed by atoms with E-state index in [2.05, 4.69) is 46.5 Å². The van der Waals surface area contributed by atoms with Gasteiger partial charge in [0.25, 0.3) is 0 Å². The van der Waals surface area contributed by atoms with Crippen molar-refractivity contribution in [3.05, 3.63) is 29.8 Å². The minimum absolute atomic E-state index is 0.178. The van der Waals surface area contributed by atoms with Crippen LogP contribution in [-0.4, -0.2) is 56.4 Å². The third-order valence-corrected chi connectivity index (χ3v) is 4.63. The molecule has 7 heteroatoms. The Bertz CT molecular complexity index is 631. The molecule has 0 atom stereocenters. The van der Waals surface area contributed by atoms with Crippen LogP contribution < -0.4 is 0 Å². The Morgan fingerprint density at radius 3 is 2.21 bits per heavy atom. The fraction of sp³-hybridized carbons (Fsp3) is 0.529. The third-order valence-electron chi connectivity index (χ3n) is 3.40. The van der Waals surface area contributed by atoms with Gasteiger partial charge in [-0.1, -0.05) is 23.6 Å². The van der Waals surface area contributed by atoms with E-state index in [0.29, 0.717) is 0 Å². The Hall–Kier alpha value is -0.660. The van der Waals surface area contributed by atoms with Crippen LogP contribution in [0.2, 0.25) is 0 Å². The molecule has 0 heterocycles. The Morgan fingerprint density at radius 1 is 1.17 bits per heavy atom. The molecule has 0 aliphatic heterocycles. The van der Waals surface area contributed by atoms with Gasteiger partial charge in [-0.05, 0) is 35.8 Å². The van der Waals surface area contributed by atoms with E-state index >= 15 is 0 Å². The molecule has 5 nitrogen and oxygen atoms in total. The van der Waals surface area contributed by atoms with Crippen LogP contribution in [0, 0.1) is 16.8 Å². The second-order valence-electron chi connectivity index (χ2n) is 6.10. The van der Waals surface area contributed by atoms with Gasteiger partial charge in [-0.25, -0.2) is 8.42 Å². The van der Waals surface area contributed by atoms with Crippen molar-refractivity contribution in [3.8, 4) is 9.85 Å². The van der Waals surface area contributed by atoms with Crippen molar-refractivity contribution in [2.45, 2.75) is 31.1 Å². The summed E-state index contributed by atoms with van der Waals surface area (Å²) in [5, 5.41) is 8.80. The Morgan fingerprint density at radius 2 is 1.75 bits per heavy atom. The average Bonchev–Trinajstić information content (AvgIpc) is 2.47. The first-order valence-electron chi connectivity index (χ1n) is 7.66. The molecule has 0 fully saturated rings. The molecule has 0 unspecified atom stereocenters. The zero-order valence-corrected chi connectivity index (χ0v) is 17.4. The van der Waals surface area contributed by atoms with Crippen LogP contribution in [0.4, 0.5) is 0 Å². The lowest BCUT2D eigenvalue weighted by molar-refractivity contribution is -0.890. The maximum atomic E-state index is 10.4. The van der Waals surface area contributed by atoms with Crippen LogP contribution in [0.5, 0.6) is 0 Å². The quantitative estimate of drug-likeness (QED) is 0.220.